The van der Waals surface area contributed by atoms with E-state index in [2.05, 4.69) is 0 Å². The zero-order chi connectivity index (χ0) is 11.3. The monoisotopic (exact) mass is 210 g/mol. The van der Waals surface area contributed by atoms with Gasteiger partial charge in [0.15, 0.2) is 0 Å². The van der Waals surface area contributed by atoms with Crippen molar-refractivity contribution in [3.05, 3.63) is 0 Å². The Hall–Kier alpha value is -1.57. The van der Waals surface area contributed by atoms with Crippen LogP contribution in [0.5, 0.6) is 0 Å². The Kier molecular flexibility index (Phi) is 3.67. The van der Waals surface area contributed by atoms with Crippen molar-refractivity contribution in [1.29, 1.82) is 5.26 Å². The van der Waals surface area contributed by atoms with E-state index in [1.54, 1.807) is 6.92 Å². The quantitative estimate of drug-likeness (QED) is 0.471. The van der Waals surface area contributed by atoms with Crippen molar-refractivity contribution >= 4 is 12.4 Å². The molecule has 0 aromatic carbocycles. The summed E-state index contributed by atoms with van der Waals surface area (Å²) >= 11 is 0. The molecule has 0 bridgehead atoms. The third-order valence-electron chi connectivity index (χ3n) is 2.52. The standard InChI is InChI=1S/C10H14N2O3/c1-2-15-9(14)10(4-5-10)12(8-13)7-3-6-11/h8H,2-5,7H2,1H3. The predicted octanol–water partition coefficient (Wildman–Crippen LogP) is 0.454. The molecule has 0 aliphatic heterocycles. The van der Waals surface area contributed by atoms with E-state index in [9.17, 15) is 9.59 Å². The minimum atomic E-state index is -0.769. The van der Waals surface area contributed by atoms with Crippen LogP contribution >= 0.6 is 0 Å². The molecule has 1 aliphatic carbocycles. The van der Waals surface area contributed by atoms with Crippen LogP contribution in [-0.4, -0.2) is 36.0 Å². The molecule has 0 atom stereocenters. The fourth-order valence-corrected chi connectivity index (χ4v) is 1.53. The summed E-state index contributed by atoms with van der Waals surface area (Å²) in [5.74, 6) is -0.352. The molecule has 0 heterocycles. The fourth-order valence-electron chi connectivity index (χ4n) is 1.53. The Labute approximate surface area is 88.6 Å². The molecule has 82 valence electrons. The van der Waals surface area contributed by atoms with Gasteiger partial charge in [0.05, 0.1) is 19.1 Å². The molecule has 0 N–H and O–H groups in total. The number of esters is 1. The van der Waals surface area contributed by atoms with Crippen LogP contribution < -0.4 is 0 Å². The van der Waals surface area contributed by atoms with Crippen LogP contribution in [0.15, 0.2) is 0 Å². The van der Waals surface area contributed by atoms with Crippen LogP contribution in [0.25, 0.3) is 0 Å². The molecule has 0 aromatic rings. The van der Waals surface area contributed by atoms with Crippen molar-refractivity contribution in [1.82, 2.24) is 4.90 Å². The molecule has 5 heteroatoms. The van der Waals surface area contributed by atoms with Crippen molar-refractivity contribution in [3.63, 3.8) is 0 Å². The topological polar surface area (TPSA) is 70.4 Å². The predicted molar refractivity (Wildman–Crippen MR) is 51.6 cm³/mol. The van der Waals surface area contributed by atoms with Gasteiger partial charge in [0.2, 0.25) is 6.41 Å². The molecular weight excluding hydrogens is 196 g/mol. The number of amides is 1. The highest BCUT2D eigenvalue weighted by Crippen LogP contribution is 2.42. The summed E-state index contributed by atoms with van der Waals surface area (Å²) in [4.78, 5) is 23.8. The maximum absolute atomic E-state index is 11.6. The van der Waals surface area contributed by atoms with Crippen molar-refractivity contribution in [3.8, 4) is 6.07 Å². The third kappa shape index (κ3) is 2.27. The van der Waals surface area contributed by atoms with E-state index in [4.69, 9.17) is 10.00 Å². The molecule has 0 spiro atoms. The first-order valence-corrected chi connectivity index (χ1v) is 4.97. The van der Waals surface area contributed by atoms with Gasteiger partial charge in [-0.1, -0.05) is 0 Å². The highest BCUT2D eigenvalue weighted by Gasteiger charge is 2.55. The fraction of sp³-hybridized carbons (Fsp3) is 0.700. The lowest BCUT2D eigenvalue weighted by atomic mass is 10.2. The largest absolute Gasteiger partial charge is 0.464 e. The average molecular weight is 210 g/mol. The van der Waals surface area contributed by atoms with E-state index >= 15 is 0 Å². The number of nitriles is 1. The normalized spacial score (nSPS) is 16.3. The van der Waals surface area contributed by atoms with Gasteiger partial charge < -0.3 is 9.64 Å². The van der Waals surface area contributed by atoms with Gasteiger partial charge in [-0.2, -0.15) is 5.26 Å². The van der Waals surface area contributed by atoms with Gasteiger partial charge >= 0.3 is 5.97 Å². The first-order chi connectivity index (χ1) is 7.21. The summed E-state index contributed by atoms with van der Waals surface area (Å²) < 4.78 is 4.91. The van der Waals surface area contributed by atoms with E-state index in [-0.39, 0.29) is 12.4 Å². The van der Waals surface area contributed by atoms with E-state index in [0.717, 1.165) is 0 Å². The number of carbonyl (C=O) groups excluding carboxylic acids is 2. The van der Waals surface area contributed by atoms with Gasteiger partial charge in [-0.15, -0.1) is 0 Å². The molecule has 0 saturated heterocycles. The number of carbonyl (C=O) groups is 2. The number of ether oxygens (including phenoxy) is 1. The molecule has 0 unspecified atom stereocenters. The lowest BCUT2D eigenvalue weighted by Gasteiger charge is -2.25. The molecule has 1 aliphatic rings. The van der Waals surface area contributed by atoms with Gasteiger partial charge in [0, 0.05) is 6.54 Å². The second-order valence-electron chi connectivity index (χ2n) is 3.46. The van der Waals surface area contributed by atoms with E-state index in [1.807, 2.05) is 6.07 Å². The molecule has 0 aromatic heterocycles. The van der Waals surface area contributed by atoms with Crippen LogP contribution in [0.2, 0.25) is 0 Å². The lowest BCUT2D eigenvalue weighted by Crippen LogP contribution is -2.44. The van der Waals surface area contributed by atoms with Crippen molar-refractivity contribution in [2.24, 2.45) is 0 Å². The van der Waals surface area contributed by atoms with Gasteiger partial charge in [-0.05, 0) is 19.8 Å². The van der Waals surface area contributed by atoms with Crippen LogP contribution in [-0.2, 0) is 14.3 Å². The third-order valence-corrected chi connectivity index (χ3v) is 2.52. The van der Waals surface area contributed by atoms with Crippen LogP contribution in [0.3, 0.4) is 0 Å². The second kappa shape index (κ2) is 4.78. The molecule has 0 radical (unpaired) electrons. The van der Waals surface area contributed by atoms with E-state index in [1.165, 1.54) is 4.90 Å². The second-order valence-corrected chi connectivity index (χ2v) is 3.46. The van der Waals surface area contributed by atoms with Crippen LogP contribution in [0.4, 0.5) is 0 Å². The number of hydrogen-bond donors (Lipinski definition) is 0. The zero-order valence-corrected chi connectivity index (χ0v) is 8.73. The minimum Gasteiger partial charge on any atom is -0.464 e. The van der Waals surface area contributed by atoms with E-state index in [0.29, 0.717) is 32.4 Å². The highest BCUT2D eigenvalue weighted by molar-refractivity contribution is 5.86. The summed E-state index contributed by atoms with van der Waals surface area (Å²) in [5, 5.41) is 8.43. The molecule has 1 saturated carbocycles. The number of hydrogen-bond acceptors (Lipinski definition) is 4. The molecule has 1 fully saturated rings. The van der Waals surface area contributed by atoms with Crippen molar-refractivity contribution < 1.29 is 14.3 Å². The molecule has 1 amide bonds. The highest BCUT2D eigenvalue weighted by atomic mass is 16.5. The number of rotatable bonds is 6. The van der Waals surface area contributed by atoms with Gasteiger partial charge in [-0.25, -0.2) is 4.79 Å². The van der Waals surface area contributed by atoms with Gasteiger partial charge in [-0.3, -0.25) is 4.79 Å². The van der Waals surface area contributed by atoms with Gasteiger partial charge in [0.1, 0.15) is 5.54 Å². The molecular formula is C10H14N2O3. The summed E-state index contributed by atoms with van der Waals surface area (Å²) in [6.07, 6.45) is 2.13. The Bertz CT molecular complexity index is 292. The maximum atomic E-state index is 11.6. The molecule has 1 rings (SSSR count). The van der Waals surface area contributed by atoms with Crippen molar-refractivity contribution in [2.75, 3.05) is 13.2 Å². The number of nitrogens with zero attached hydrogens (tertiary/aromatic N) is 2. The summed E-state index contributed by atoms with van der Waals surface area (Å²) in [6, 6.07) is 1.95. The molecule has 5 nitrogen and oxygen atoms in total. The van der Waals surface area contributed by atoms with Crippen LogP contribution in [0, 0.1) is 11.3 Å². The van der Waals surface area contributed by atoms with E-state index < -0.39 is 5.54 Å². The van der Waals surface area contributed by atoms with Crippen LogP contribution in [0.1, 0.15) is 26.2 Å². The Morgan fingerprint density at radius 3 is 2.73 bits per heavy atom. The molecule has 15 heavy (non-hydrogen) atoms. The first kappa shape index (κ1) is 11.5. The Morgan fingerprint density at radius 1 is 1.67 bits per heavy atom. The first-order valence-electron chi connectivity index (χ1n) is 4.97. The van der Waals surface area contributed by atoms with Crippen molar-refractivity contribution in [2.45, 2.75) is 31.7 Å². The van der Waals surface area contributed by atoms with Gasteiger partial charge in [0.25, 0.3) is 0 Å². The Morgan fingerprint density at radius 2 is 2.33 bits per heavy atom. The summed E-state index contributed by atoms with van der Waals surface area (Å²) in [6.45, 7) is 2.33. The average Bonchev–Trinajstić information content (AvgIpc) is 3.01. The zero-order valence-electron chi connectivity index (χ0n) is 8.73. The Balaban J connectivity index is 2.62. The maximum Gasteiger partial charge on any atom is 0.332 e. The summed E-state index contributed by atoms with van der Waals surface area (Å²) in [7, 11) is 0. The lowest BCUT2D eigenvalue weighted by molar-refractivity contribution is -0.153. The minimum absolute atomic E-state index is 0.236. The smallest absolute Gasteiger partial charge is 0.332 e. The summed E-state index contributed by atoms with van der Waals surface area (Å²) in [5.41, 5.74) is -0.769. The SMILES string of the molecule is CCOC(=O)C1(N(C=O)CCC#N)CC1.